The van der Waals surface area contributed by atoms with Gasteiger partial charge in [-0.3, -0.25) is 0 Å². The molecule has 3 aliphatic rings. The Labute approximate surface area is 113 Å². The van der Waals surface area contributed by atoms with Crippen molar-refractivity contribution in [2.24, 2.45) is 0 Å². The van der Waals surface area contributed by atoms with Gasteiger partial charge in [0.1, 0.15) is 5.82 Å². The van der Waals surface area contributed by atoms with Gasteiger partial charge in [0.25, 0.3) is 0 Å². The van der Waals surface area contributed by atoms with E-state index in [4.69, 9.17) is 9.97 Å². The predicted molar refractivity (Wildman–Crippen MR) is 75.5 cm³/mol. The molecule has 1 aromatic heterocycles. The topological polar surface area (TPSA) is 53.1 Å². The molecule has 0 radical (unpaired) electrons. The molecule has 0 bridgehead atoms. The number of hydrogen-bond donors (Lipinski definition) is 2. The second-order valence-corrected chi connectivity index (χ2v) is 5.84. The lowest BCUT2D eigenvalue weighted by Crippen LogP contribution is -2.29. The number of fused-ring (bicyclic) bond motifs is 1. The fourth-order valence-corrected chi connectivity index (χ4v) is 2.93. The van der Waals surface area contributed by atoms with E-state index in [-0.39, 0.29) is 0 Å². The van der Waals surface area contributed by atoms with Crippen LogP contribution in [0.2, 0.25) is 0 Å². The van der Waals surface area contributed by atoms with E-state index in [1.54, 1.807) is 0 Å². The van der Waals surface area contributed by atoms with Crippen molar-refractivity contribution < 1.29 is 0 Å². The fraction of sp³-hybridized carbons (Fsp3) is 0.714. The van der Waals surface area contributed by atoms with Crippen LogP contribution in [0.3, 0.4) is 0 Å². The first-order chi connectivity index (χ1) is 9.40. The van der Waals surface area contributed by atoms with E-state index in [0.29, 0.717) is 6.04 Å². The maximum absolute atomic E-state index is 4.82. The smallest absolute Gasteiger partial charge is 0.227 e. The zero-order valence-electron chi connectivity index (χ0n) is 11.3. The van der Waals surface area contributed by atoms with Gasteiger partial charge in [-0.2, -0.15) is 4.98 Å². The van der Waals surface area contributed by atoms with Crippen molar-refractivity contribution in [1.29, 1.82) is 0 Å². The zero-order chi connectivity index (χ0) is 12.7. The molecule has 4 rings (SSSR count). The molecule has 5 heteroatoms. The van der Waals surface area contributed by atoms with Gasteiger partial charge in [-0.05, 0) is 25.7 Å². The van der Waals surface area contributed by atoms with Crippen LogP contribution in [0.15, 0.2) is 0 Å². The zero-order valence-corrected chi connectivity index (χ0v) is 11.3. The van der Waals surface area contributed by atoms with Crippen LogP contribution in [0, 0.1) is 0 Å². The highest BCUT2D eigenvalue weighted by atomic mass is 15.3. The third kappa shape index (κ3) is 2.27. The second-order valence-electron chi connectivity index (χ2n) is 5.84. The minimum Gasteiger partial charge on any atom is -0.367 e. The molecule has 19 heavy (non-hydrogen) atoms. The molecule has 1 saturated heterocycles. The van der Waals surface area contributed by atoms with E-state index in [1.807, 2.05) is 0 Å². The first-order valence-electron chi connectivity index (χ1n) is 7.52. The van der Waals surface area contributed by atoms with Gasteiger partial charge < -0.3 is 15.5 Å². The number of rotatable bonds is 3. The van der Waals surface area contributed by atoms with Crippen LogP contribution in [-0.2, 0) is 13.0 Å². The standard InChI is InChI=1S/C14H21N5/c1-2-8-19(7-1)14-17-12-5-6-15-9-11(12)13(18-14)16-10-3-4-10/h10,15H,1-9H2,(H,16,17,18). The van der Waals surface area contributed by atoms with Crippen LogP contribution < -0.4 is 15.5 Å². The van der Waals surface area contributed by atoms with Gasteiger partial charge >= 0.3 is 0 Å². The summed E-state index contributed by atoms with van der Waals surface area (Å²) in [6.07, 6.45) is 6.13. The monoisotopic (exact) mass is 259 g/mol. The Bertz CT molecular complexity index is 477. The number of anilines is 2. The van der Waals surface area contributed by atoms with E-state index < -0.39 is 0 Å². The summed E-state index contributed by atoms with van der Waals surface area (Å²) in [4.78, 5) is 12.0. The minimum atomic E-state index is 0.646. The SMILES string of the molecule is C1CCN(c2nc3c(c(NC4CC4)n2)CNCC3)C1. The maximum Gasteiger partial charge on any atom is 0.227 e. The summed E-state index contributed by atoms with van der Waals surface area (Å²) in [5.41, 5.74) is 2.54. The highest BCUT2D eigenvalue weighted by Gasteiger charge is 2.26. The molecule has 1 aliphatic carbocycles. The Morgan fingerprint density at radius 3 is 2.79 bits per heavy atom. The van der Waals surface area contributed by atoms with Crippen LogP contribution in [-0.4, -0.2) is 35.6 Å². The Morgan fingerprint density at radius 1 is 1.16 bits per heavy atom. The molecule has 0 atom stereocenters. The first-order valence-corrected chi connectivity index (χ1v) is 7.52. The Morgan fingerprint density at radius 2 is 2.00 bits per heavy atom. The molecule has 102 valence electrons. The van der Waals surface area contributed by atoms with E-state index in [9.17, 15) is 0 Å². The average molecular weight is 259 g/mol. The summed E-state index contributed by atoms with van der Waals surface area (Å²) in [5, 5.41) is 7.02. The fourth-order valence-electron chi connectivity index (χ4n) is 2.93. The molecule has 5 nitrogen and oxygen atoms in total. The van der Waals surface area contributed by atoms with E-state index in [0.717, 1.165) is 44.4 Å². The number of nitrogens with zero attached hydrogens (tertiary/aromatic N) is 3. The lowest BCUT2D eigenvalue weighted by Gasteiger charge is -2.23. The van der Waals surface area contributed by atoms with E-state index in [1.165, 1.54) is 36.9 Å². The molecular weight excluding hydrogens is 238 g/mol. The van der Waals surface area contributed by atoms with Crippen LogP contribution in [0.25, 0.3) is 0 Å². The van der Waals surface area contributed by atoms with Gasteiger partial charge in [0.2, 0.25) is 5.95 Å². The largest absolute Gasteiger partial charge is 0.367 e. The average Bonchev–Trinajstić information content (AvgIpc) is 3.08. The highest BCUT2D eigenvalue weighted by molar-refractivity contribution is 5.53. The van der Waals surface area contributed by atoms with Crippen LogP contribution in [0.4, 0.5) is 11.8 Å². The normalized spacial score (nSPS) is 22.4. The molecule has 2 fully saturated rings. The van der Waals surface area contributed by atoms with Crippen LogP contribution in [0.5, 0.6) is 0 Å². The molecule has 0 spiro atoms. The van der Waals surface area contributed by atoms with Crippen molar-refractivity contribution in [3.8, 4) is 0 Å². The highest BCUT2D eigenvalue weighted by Crippen LogP contribution is 2.30. The van der Waals surface area contributed by atoms with Crippen molar-refractivity contribution in [2.75, 3.05) is 29.9 Å². The Balaban J connectivity index is 1.70. The van der Waals surface area contributed by atoms with Gasteiger partial charge in [0, 0.05) is 44.2 Å². The molecule has 1 saturated carbocycles. The van der Waals surface area contributed by atoms with Gasteiger partial charge in [0.05, 0.1) is 5.69 Å². The van der Waals surface area contributed by atoms with Gasteiger partial charge in [-0.25, -0.2) is 4.98 Å². The summed E-state index contributed by atoms with van der Waals surface area (Å²) in [6.45, 7) is 4.16. The van der Waals surface area contributed by atoms with E-state index in [2.05, 4.69) is 15.5 Å². The van der Waals surface area contributed by atoms with Crippen molar-refractivity contribution in [2.45, 2.75) is 44.7 Å². The van der Waals surface area contributed by atoms with Crippen molar-refractivity contribution in [3.63, 3.8) is 0 Å². The van der Waals surface area contributed by atoms with Gasteiger partial charge in [-0.15, -0.1) is 0 Å². The summed E-state index contributed by atoms with van der Waals surface area (Å²) in [7, 11) is 0. The van der Waals surface area contributed by atoms with Crippen LogP contribution in [0.1, 0.15) is 36.9 Å². The third-order valence-corrected chi connectivity index (χ3v) is 4.23. The second kappa shape index (κ2) is 4.63. The lowest BCUT2D eigenvalue weighted by molar-refractivity contribution is 0.625. The van der Waals surface area contributed by atoms with Crippen molar-refractivity contribution in [1.82, 2.24) is 15.3 Å². The van der Waals surface area contributed by atoms with Crippen molar-refractivity contribution in [3.05, 3.63) is 11.3 Å². The van der Waals surface area contributed by atoms with Crippen molar-refractivity contribution >= 4 is 11.8 Å². The minimum absolute atomic E-state index is 0.646. The first kappa shape index (κ1) is 11.5. The molecule has 0 unspecified atom stereocenters. The summed E-state index contributed by atoms with van der Waals surface area (Å²) < 4.78 is 0. The summed E-state index contributed by atoms with van der Waals surface area (Å²) >= 11 is 0. The van der Waals surface area contributed by atoms with Crippen LogP contribution >= 0.6 is 0 Å². The summed E-state index contributed by atoms with van der Waals surface area (Å²) in [6, 6.07) is 0.646. The van der Waals surface area contributed by atoms with E-state index >= 15 is 0 Å². The number of hydrogen-bond acceptors (Lipinski definition) is 5. The molecule has 1 aromatic rings. The molecule has 0 amide bonds. The van der Waals surface area contributed by atoms with Gasteiger partial charge in [-0.1, -0.05) is 0 Å². The predicted octanol–water partition coefficient (Wildman–Crippen LogP) is 1.30. The quantitative estimate of drug-likeness (QED) is 0.857. The number of aromatic nitrogens is 2. The Kier molecular flexibility index (Phi) is 2.80. The molecule has 2 aliphatic heterocycles. The number of nitrogens with one attached hydrogen (secondary N) is 2. The third-order valence-electron chi connectivity index (χ3n) is 4.23. The molecule has 3 heterocycles. The Hall–Kier alpha value is -1.36. The maximum atomic E-state index is 4.82. The molecule has 2 N–H and O–H groups in total. The summed E-state index contributed by atoms with van der Waals surface area (Å²) in [5.74, 6) is 2.03. The molecular formula is C14H21N5. The van der Waals surface area contributed by atoms with Gasteiger partial charge in [0.15, 0.2) is 0 Å². The molecule has 0 aromatic carbocycles. The lowest BCUT2D eigenvalue weighted by atomic mass is 10.1.